The van der Waals surface area contributed by atoms with Crippen LogP contribution in [0.25, 0.3) is 0 Å². The molecule has 0 aromatic heterocycles. The molecular formula is C16H23N3O5. The molecule has 0 aliphatic rings. The van der Waals surface area contributed by atoms with Gasteiger partial charge in [-0.15, -0.1) is 0 Å². The third-order valence-corrected chi connectivity index (χ3v) is 3.61. The fourth-order valence-corrected chi connectivity index (χ4v) is 2.13. The summed E-state index contributed by atoms with van der Waals surface area (Å²) in [7, 11) is 1.41. The second-order valence-corrected chi connectivity index (χ2v) is 5.93. The molecule has 0 bridgehead atoms. The Morgan fingerprint density at radius 3 is 2.33 bits per heavy atom. The quantitative estimate of drug-likeness (QED) is 0.427. The maximum absolute atomic E-state index is 12.0. The van der Waals surface area contributed by atoms with E-state index in [-0.39, 0.29) is 18.5 Å². The number of nitrogens with one attached hydrogen (secondary N) is 1. The van der Waals surface area contributed by atoms with Gasteiger partial charge in [0.05, 0.1) is 4.92 Å². The minimum absolute atomic E-state index is 0.0571. The first-order valence-corrected chi connectivity index (χ1v) is 7.72. The number of likely N-dealkylation sites (N-methyl/N-ethyl adjacent to an activating group) is 1. The smallest absolute Gasteiger partial charge is 0.269 e. The Hall–Kier alpha value is -2.48. The summed E-state index contributed by atoms with van der Waals surface area (Å²) < 4.78 is 0. The van der Waals surface area contributed by atoms with Crippen LogP contribution in [0.2, 0.25) is 0 Å². The van der Waals surface area contributed by atoms with Crippen LogP contribution in [0, 0.1) is 16.0 Å². The van der Waals surface area contributed by atoms with Gasteiger partial charge in [0, 0.05) is 32.0 Å². The molecule has 0 saturated carbocycles. The van der Waals surface area contributed by atoms with Crippen LogP contribution in [0.4, 0.5) is 5.69 Å². The number of hydroxylamine groups is 2. The van der Waals surface area contributed by atoms with Crippen molar-refractivity contribution in [3.8, 4) is 0 Å². The number of non-ortho nitro benzene ring substituents is 1. The molecule has 2 amide bonds. The molecule has 0 aliphatic carbocycles. The fourth-order valence-electron chi connectivity index (χ4n) is 2.13. The zero-order valence-corrected chi connectivity index (χ0v) is 14.1. The average Bonchev–Trinajstić information content (AvgIpc) is 2.56. The van der Waals surface area contributed by atoms with Crippen molar-refractivity contribution in [3.05, 3.63) is 39.9 Å². The van der Waals surface area contributed by atoms with E-state index in [0.29, 0.717) is 23.0 Å². The van der Waals surface area contributed by atoms with Crippen LogP contribution in [-0.2, 0) is 16.0 Å². The number of nitro benzene ring substituents is 1. The van der Waals surface area contributed by atoms with E-state index in [2.05, 4.69) is 5.32 Å². The first kappa shape index (κ1) is 19.6. The molecule has 1 rings (SSSR count). The van der Waals surface area contributed by atoms with E-state index in [1.807, 2.05) is 13.8 Å². The van der Waals surface area contributed by atoms with Crippen molar-refractivity contribution in [3.63, 3.8) is 0 Å². The van der Waals surface area contributed by atoms with Crippen LogP contribution in [0.1, 0.15) is 32.3 Å². The molecule has 1 aromatic carbocycles. The first-order chi connectivity index (χ1) is 11.3. The molecular weight excluding hydrogens is 314 g/mol. The molecule has 1 atom stereocenters. The number of carbonyl (C=O) groups is 2. The Bertz CT molecular complexity index is 586. The van der Waals surface area contributed by atoms with Crippen molar-refractivity contribution in [2.24, 2.45) is 5.92 Å². The van der Waals surface area contributed by atoms with Gasteiger partial charge in [0.15, 0.2) is 0 Å². The van der Waals surface area contributed by atoms with E-state index < -0.39 is 22.8 Å². The van der Waals surface area contributed by atoms with Gasteiger partial charge < -0.3 is 5.32 Å². The fraction of sp³-hybridized carbons (Fsp3) is 0.500. The summed E-state index contributed by atoms with van der Waals surface area (Å²) in [6.07, 6.45) is 0.803. The molecule has 2 N–H and O–H groups in total. The monoisotopic (exact) mass is 337 g/mol. The lowest BCUT2D eigenvalue weighted by molar-refractivity contribution is -0.384. The van der Waals surface area contributed by atoms with Gasteiger partial charge in [-0.2, -0.15) is 0 Å². The molecule has 8 nitrogen and oxygen atoms in total. The number of hydrogen-bond acceptors (Lipinski definition) is 5. The van der Waals surface area contributed by atoms with Crippen LogP contribution in [0.3, 0.4) is 0 Å². The van der Waals surface area contributed by atoms with Gasteiger partial charge in [0.2, 0.25) is 11.8 Å². The molecule has 24 heavy (non-hydrogen) atoms. The van der Waals surface area contributed by atoms with Gasteiger partial charge in [0.25, 0.3) is 5.69 Å². The van der Waals surface area contributed by atoms with Gasteiger partial charge in [0.1, 0.15) is 6.04 Å². The van der Waals surface area contributed by atoms with Crippen LogP contribution in [-0.4, -0.2) is 40.1 Å². The number of hydrogen-bond donors (Lipinski definition) is 2. The van der Waals surface area contributed by atoms with Crippen molar-refractivity contribution < 1.29 is 19.7 Å². The summed E-state index contributed by atoms with van der Waals surface area (Å²) in [5, 5.41) is 23.6. The normalized spacial score (nSPS) is 11.9. The number of nitrogens with zero attached hydrogens (tertiary/aromatic N) is 2. The highest BCUT2D eigenvalue weighted by Gasteiger charge is 2.28. The molecule has 0 heterocycles. The molecule has 0 spiro atoms. The summed E-state index contributed by atoms with van der Waals surface area (Å²) in [5.41, 5.74) is 0.536. The van der Waals surface area contributed by atoms with Crippen LogP contribution in [0.5, 0.6) is 0 Å². The molecule has 8 heteroatoms. The lowest BCUT2D eigenvalue weighted by Gasteiger charge is -2.25. The number of benzene rings is 1. The summed E-state index contributed by atoms with van der Waals surface area (Å²) in [5.74, 6) is -0.733. The van der Waals surface area contributed by atoms with E-state index in [1.165, 1.54) is 31.3 Å². The van der Waals surface area contributed by atoms with Gasteiger partial charge in [-0.25, -0.2) is 5.06 Å². The number of carbonyl (C=O) groups excluding carboxylic acids is 2. The van der Waals surface area contributed by atoms with Crippen LogP contribution >= 0.6 is 0 Å². The Morgan fingerprint density at radius 2 is 1.88 bits per heavy atom. The molecule has 0 unspecified atom stereocenters. The van der Waals surface area contributed by atoms with E-state index in [0.717, 1.165) is 0 Å². The van der Waals surface area contributed by atoms with Gasteiger partial charge in [-0.1, -0.05) is 26.0 Å². The molecule has 0 aliphatic heterocycles. The molecule has 132 valence electrons. The number of rotatable bonds is 8. The Labute approximate surface area is 140 Å². The summed E-state index contributed by atoms with van der Waals surface area (Å²) in [4.78, 5) is 34.2. The van der Waals surface area contributed by atoms with Gasteiger partial charge >= 0.3 is 0 Å². The van der Waals surface area contributed by atoms with Crippen molar-refractivity contribution in [2.45, 2.75) is 39.2 Å². The van der Waals surface area contributed by atoms with Crippen molar-refractivity contribution in [1.82, 2.24) is 10.4 Å². The van der Waals surface area contributed by atoms with Crippen molar-refractivity contribution in [1.29, 1.82) is 0 Å². The minimum Gasteiger partial charge on any atom is -0.357 e. The maximum Gasteiger partial charge on any atom is 0.269 e. The van der Waals surface area contributed by atoms with E-state index in [4.69, 9.17) is 0 Å². The van der Waals surface area contributed by atoms with Gasteiger partial charge in [-0.3, -0.25) is 24.9 Å². The minimum atomic E-state index is -1.09. The third-order valence-electron chi connectivity index (χ3n) is 3.61. The largest absolute Gasteiger partial charge is 0.357 e. The summed E-state index contributed by atoms with van der Waals surface area (Å²) >= 11 is 0. The lowest BCUT2D eigenvalue weighted by atomic mass is 10.0. The van der Waals surface area contributed by atoms with Crippen molar-refractivity contribution >= 4 is 17.5 Å². The van der Waals surface area contributed by atoms with Gasteiger partial charge in [-0.05, 0) is 17.9 Å². The predicted molar refractivity (Wildman–Crippen MR) is 87.4 cm³/mol. The second kappa shape index (κ2) is 8.97. The van der Waals surface area contributed by atoms with E-state index in [1.54, 1.807) is 0 Å². The SMILES string of the molecule is CNC(=O)[C@H](Cc1ccc([N+](=O)[O-])cc1)N(O)C(=O)CCC(C)C. The number of nitro groups is 1. The third kappa shape index (κ3) is 5.62. The average molecular weight is 337 g/mol. The Balaban J connectivity index is 2.86. The molecule has 0 radical (unpaired) electrons. The van der Waals surface area contributed by atoms with Crippen molar-refractivity contribution in [2.75, 3.05) is 7.05 Å². The van der Waals surface area contributed by atoms with E-state index >= 15 is 0 Å². The first-order valence-electron chi connectivity index (χ1n) is 7.72. The Kier molecular flexibility index (Phi) is 7.31. The summed E-state index contributed by atoms with van der Waals surface area (Å²) in [6.45, 7) is 3.92. The standard InChI is InChI=1S/C16H23N3O5/c1-11(2)4-9-15(20)18(22)14(16(21)17-3)10-12-5-7-13(8-6-12)19(23)24/h5-8,11,14,22H,4,9-10H2,1-3H3,(H,17,21)/t14-/m0/s1. The number of amides is 2. The Morgan fingerprint density at radius 1 is 1.29 bits per heavy atom. The highest BCUT2D eigenvalue weighted by Crippen LogP contribution is 2.16. The highest BCUT2D eigenvalue weighted by molar-refractivity contribution is 5.87. The summed E-state index contributed by atoms with van der Waals surface area (Å²) in [6, 6.07) is 4.55. The lowest BCUT2D eigenvalue weighted by Crippen LogP contribution is -2.48. The zero-order valence-electron chi connectivity index (χ0n) is 14.1. The second-order valence-electron chi connectivity index (χ2n) is 5.93. The van der Waals surface area contributed by atoms with Crippen LogP contribution < -0.4 is 5.32 Å². The molecule has 0 fully saturated rings. The van der Waals surface area contributed by atoms with Crippen LogP contribution in [0.15, 0.2) is 24.3 Å². The zero-order chi connectivity index (χ0) is 18.3. The topological polar surface area (TPSA) is 113 Å². The maximum atomic E-state index is 12.0. The molecule has 0 saturated heterocycles. The highest BCUT2D eigenvalue weighted by atomic mass is 16.6. The molecule has 1 aromatic rings. The predicted octanol–water partition coefficient (Wildman–Crippen LogP) is 1.91. The van der Waals surface area contributed by atoms with E-state index in [9.17, 15) is 24.9 Å².